The van der Waals surface area contributed by atoms with E-state index in [-0.39, 0.29) is 18.1 Å². The van der Waals surface area contributed by atoms with Crippen molar-refractivity contribution in [2.24, 2.45) is 7.05 Å². The summed E-state index contributed by atoms with van der Waals surface area (Å²) < 4.78 is 7.23. The molecule has 1 aliphatic heterocycles. The second-order valence-electron chi connectivity index (χ2n) is 5.27. The van der Waals surface area contributed by atoms with Crippen LogP contribution in [0.4, 0.5) is 5.82 Å². The van der Waals surface area contributed by atoms with Crippen LogP contribution in [0.1, 0.15) is 19.5 Å². The molecule has 106 valence electrons. The number of hydrogen-bond donors (Lipinski definition) is 1. The fraction of sp³-hybridized carbons (Fsp3) is 0.692. The summed E-state index contributed by atoms with van der Waals surface area (Å²) in [6.07, 6.45) is 0.183. The van der Waals surface area contributed by atoms with Crippen LogP contribution in [0.3, 0.4) is 0 Å². The summed E-state index contributed by atoms with van der Waals surface area (Å²) in [6.45, 7) is 7.87. The summed E-state index contributed by atoms with van der Waals surface area (Å²) in [6, 6.07) is 2.14. The van der Waals surface area contributed by atoms with Crippen LogP contribution < -0.4 is 5.32 Å². The second-order valence-corrected chi connectivity index (χ2v) is 5.27. The van der Waals surface area contributed by atoms with E-state index in [1.165, 1.54) is 0 Å². The fourth-order valence-corrected chi connectivity index (χ4v) is 2.29. The van der Waals surface area contributed by atoms with Crippen LogP contribution in [0.5, 0.6) is 0 Å². The van der Waals surface area contributed by atoms with Gasteiger partial charge in [-0.25, -0.2) is 0 Å². The molecule has 1 N–H and O–H groups in total. The highest BCUT2D eigenvalue weighted by Gasteiger charge is 2.25. The van der Waals surface area contributed by atoms with E-state index in [1.807, 2.05) is 27.0 Å². The number of hydrogen-bond acceptors (Lipinski definition) is 4. The van der Waals surface area contributed by atoms with Gasteiger partial charge in [0, 0.05) is 25.7 Å². The molecule has 1 aromatic rings. The Balaban J connectivity index is 1.92. The topological polar surface area (TPSA) is 59.4 Å². The van der Waals surface area contributed by atoms with Crippen molar-refractivity contribution in [3.8, 4) is 0 Å². The Labute approximate surface area is 113 Å². The van der Waals surface area contributed by atoms with Crippen molar-refractivity contribution < 1.29 is 9.53 Å². The molecular formula is C13H22N4O2. The highest BCUT2D eigenvalue weighted by Crippen LogP contribution is 2.12. The molecule has 0 bridgehead atoms. The number of carbonyl (C=O) groups is 1. The minimum atomic E-state index is -0.0102. The van der Waals surface area contributed by atoms with Crippen molar-refractivity contribution in [2.45, 2.75) is 32.9 Å². The molecule has 2 heterocycles. The van der Waals surface area contributed by atoms with Crippen molar-refractivity contribution in [2.75, 3.05) is 25.0 Å². The Bertz CT molecular complexity index is 457. The lowest BCUT2D eigenvalue weighted by molar-refractivity contribution is -0.121. The first-order valence-corrected chi connectivity index (χ1v) is 6.62. The summed E-state index contributed by atoms with van der Waals surface area (Å²) in [5.41, 5.74) is 0.895. The SMILES string of the molecule is Cc1cc(NC(=O)CN2C[C@@H](C)OC[C@H]2C)n(C)n1. The molecular weight excluding hydrogens is 244 g/mol. The standard InChI is InChI=1S/C13H22N4O2/c1-9-5-12(16(4)15-9)14-13(18)7-17-6-11(3)19-8-10(17)2/h5,10-11H,6-8H2,1-4H3,(H,14,18)/t10-,11-/m1/s1. The third-order valence-corrected chi connectivity index (χ3v) is 3.35. The third-order valence-electron chi connectivity index (χ3n) is 3.35. The molecule has 1 fully saturated rings. The van der Waals surface area contributed by atoms with Crippen LogP contribution in [-0.4, -0.2) is 52.4 Å². The van der Waals surface area contributed by atoms with Crippen LogP contribution in [0.25, 0.3) is 0 Å². The average molecular weight is 266 g/mol. The normalized spacial score (nSPS) is 24.4. The van der Waals surface area contributed by atoms with Crippen molar-refractivity contribution in [1.29, 1.82) is 0 Å². The molecule has 0 unspecified atom stereocenters. The molecule has 2 atom stereocenters. The van der Waals surface area contributed by atoms with Crippen LogP contribution in [-0.2, 0) is 16.6 Å². The summed E-state index contributed by atoms with van der Waals surface area (Å²) in [4.78, 5) is 14.2. The van der Waals surface area contributed by atoms with Gasteiger partial charge in [-0.3, -0.25) is 14.4 Å². The van der Waals surface area contributed by atoms with Crippen LogP contribution in [0, 0.1) is 6.92 Å². The molecule has 6 nitrogen and oxygen atoms in total. The number of nitrogens with zero attached hydrogens (tertiary/aromatic N) is 3. The van der Waals surface area contributed by atoms with Crippen LogP contribution >= 0.6 is 0 Å². The van der Waals surface area contributed by atoms with Gasteiger partial charge in [0.05, 0.1) is 24.9 Å². The molecule has 2 rings (SSSR count). The number of carbonyl (C=O) groups excluding carboxylic acids is 1. The molecule has 0 radical (unpaired) electrons. The van der Waals surface area contributed by atoms with Gasteiger partial charge in [0.15, 0.2) is 0 Å². The third kappa shape index (κ3) is 3.54. The van der Waals surface area contributed by atoms with E-state index in [4.69, 9.17) is 4.74 Å². The quantitative estimate of drug-likeness (QED) is 0.878. The molecule has 6 heteroatoms. The van der Waals surface area contributed by atoms with Crippen molar-refractivity contribution in [3.05, 3.63) is 11.8 Å². The van der Waals surface area contributed by atoms with E-state index in [1.54, 1.807) is 4.68 Å². The Kier molecular flexibility index (Phi) is 4.21. The lowest BCUT2D eigenvalue weighted by Gasteiger charge is -2.36. The lowest BCUT2D eigenvalue weighted by Crippen LogP contribution is -2.50. The predicted octanol–water partition coefficient (Wildman–Crippen LogP) is 0.776. The number of aromatic nitrogens is 2. The summed E-state index contributed by atoms with van der Waals surface area (Å²) in [5.74, 6) is 0.723. The van der Waals surface area contributed by atoms with Gasteiger partial charge in [-0.15, -0.1) is 0 Å². The molecule has 0 aromatic carbocycles. The van der Waals surface area contributed by atoms with Gasteiger partial charge in [0.1, 0.15) is 5.82 Å². The number of aryl methyl sites for hydroxylation is 2. The van der Waals surface area contributed by atoms with Gasteiger partial charge in [-0.2, -0.15) is 5.10 Å². The zero-order chi connectivity index (χ0) is 14.0. The van der Waals surface area contributed by atoms with Crippen LogP contribution in [0.15, 0.2) is 6.07 Å². The maximum atomic E-state index is 12.1. The smallest absolute Gasteiger partial charge is 0.239 e. The molecule has 1 aliphatic rings. The van der Waals surface area contributed by atoms with Crippen molar-refractivity contribution in [1.82, 2.24) is 14.7 Å². The lowest BCUT2D eigenvalue weighted by atomic mass is 10.2. The Morgan fingerprint density at radius 2 is 2.32 bits per heavy atom. The molecule has 1 aromatic heterocycles. The fourth-order valence-electron chi connectivity index (χ4n) is 2.29. The number of nitrogens with one attached hydrogen (secondary N) is 1. The minimum Gasteiger partial charge on any atom is -0.376 e. The number of anilines is 1. The summed E-state index contributed by atoms with van der Waals surface area (Å²) in [7, 11) is 1.82. The predicted molar refractivity (Wildman–Crippen MR) is 73.0 cm³/mol. The van der Waals surface area contributed by atoms with E-state index >= 15 is 0 Å². The van der Waals surface area contributed by atoms with Gasteiger partial charge in [-0.1, -0.05) is 0 Å². The Morgan fingerprint density at radius 1 is 1.58 bits per heavy atom. The van der Waals surface area contributed by atoms with Gasteiger partial charge in [0.2, 0.25) is 5.91 Å². The Hall–Kier alpha value is -1.40. The van der Waals surface area contributed by atoms with Gasteiger partial charge < -0.3 is 10.1 Å². The zero-order valence-electron chi connectivity index (χ0n) is 12.0. The molecule has 0 aliphatic carbocycles. The second kappa shape index (κ2) is 5.71. The highest BCUT2D eigenvalue weighted by molar-refractivity contribution is 5.91. The van der Waals surface area contributed by atoms with Gasteiger partial charge in [-0.05, 0) is 20.8 Å². The molecule has 1 amide bonds. The average Bonchev–Trinajstić information content (AvgIpc) is 2.62. The zero-order valence-corrected chi connectivity index (χ0v) is 12.0. The molecule has 0 spiro atoms. The van der Waals surface area contributed by atoms with Crippen molar-refractivity contribution in [3.63, 3.8) is 0 Å². The van der Waals surface area contributed by atoms with Crippen molar-refractivity contribution >= 4 is 11.7 Å². The summed E-state index contributed by atoms with van der Waals surface area (Å²) >= 11 is 0. The number of amides is 1. The number of ether oxygens (including phenoxy) is 1. The van der Waals surface area contributed by atoms with Gasteiger partial charge in [0.25, 0.3) is 0 Å². The first-order chi connectivity index (χ1) is 8.95. The maximum absolute atomic E-state index is 12.1. The summed E-state index contributed by atoms with van der Waals surface area (Å²) in [5, 5.41) is 7.10. The largest absolute Gasteiger partial charge is 0.376 e. The van der Waals surface area contributed by atoms with E-state index in [0.717, 1.165) is 18.1 Å². The monoisotopic (exact) mass is 266 g/mol. The van der Waals surface area contributed by atoms with E-state index < -0.39 is 0 Å². The maximum Gasteiger partial charge on any atom is 0.239 e. The first kappa shape index (κ1) is 14.0. The molecule has 0 saturated carbocycles. The van der Waals surface area contributed by atoms with E-state index in [0.29, 0.717) is 13.2 Å². The van der Waals surface area contributed by atoms with E-state index in [2.05, 4.69) is 22.2 Å². The highest BCUT2D eigenvalue weighted by atomic mass is 16.5. The van der Waals surface area contributed by atoms with Gasteiger partial charge >= 0.3 is 0 Å². The number of rotatable bonds is 3. The molecule has 19 heavy (non-hydrogen) atoms. The van der Waals surface area contributed by atoms with E-state index in [9.17, 15) is 4.79 Å². The van der Waals surface area contributed by atoms with Crippen LogP contribution in [0.2, 0.25) is 0 Å². The Morgan fingerprint density at radius 3 is 2.95 bits per heavy atom. The molecule has 1 saturated heterocycles. The minimum absolute atomic E-state index is 0.0102. The number of morpholine rings is 1. The first-order valence-electron chi connectivity index (χ1n) is 6.62.